The Hall–Kier alpha value is -2.14. The molecule has 1 aromatic heterocycles. The maximum Gasteiger partial charge on any atom is 0.261 e. The lowest BCUT2D eigenvalue weighted by Gasteiger charge is -2.24. The van der Waals surface area contributed by atoms with Gasteiger partial charge in [-0.1, -0.05) is 18.2 Å². The Balaban J connectivity index is 1.63. The highest BCUT2D eigenvalue weighted by Gasteiger charge is 2.30. The second-order valence-electron chi connectivity index (χ2n) is 5.63. The summed E-state index contributed by atoms with van der Waals surface area (Å²) in [6.07, 6.45) is 2.03. The Labute approximate surface area is 139 Å². The van der Waals surface area contributed by atoms with E-state index >= 15 is 0 Å². The molecule has 0 bridgehead atoms. The smallest absolute Gasteiger partial charge is 0.261 e. The van der Waals surface area contributed by atoms with E-state index in [0.717, 1.165) is 19.4 Å². The quantitative estimate of drug-likeness (QED) is 0.786. The van der Waals surface area contributed by atoms with Crippen molar-refractivity contribution in [1.82, 2.24) is 4.90 Å². The number of amides is 1. The summed E-state index contributed by atoms with van der Waals surface area (Å²) >= 11 is 1.69. The molecule has 1 unspecified atom stereocenters. The van der Waals surface area contributed by atoms with Crippen LogP contribution in [0.4, 0.5) is 0 Å². The Kier molecular flexibility index (Phi) is 4.76. The molecule has 1 aromatic carbocycles. The van der Waals surface area contributed by atoms with Crippen molar-refractivity contribution < 1.29 is 14.3 Å². The van der Waals surface area contributed by atoms with E-state index in [9.17, 15) is 9.59 Å². The third-order valence-corrected chi connectivity index (χ3v) is 5.02. The normalized spacial score (nSPS) is 17.3. The molecule has 2 aromatic rings. The number of carbonyl (C=O) groups excluding carboxylic acids is 2. The molecule has 1 aliphatic heterocycles. The van der Waals surface area contributed by atoms with Crippen LogP contribution in [0.1, 0.15) is 41.0 Å². The lowest BCUT2D eigenvalue weighted by Crippen LogP contribution is -2.34. The second-order valence-corrected chi connectivity index (χ2v) is 6.61. The van der Waals surface area contributed by atoms with E-state index in [1.165, 1.54) is 11.8 Å². The van der Waals surface area contributed by atoms with Crippen LogP contribution in [0.3, 0.4) is 0 Å². The van der Waals surface area contributed by atoms with E-state index in [1.54, 1.807) is 35.6 Å². The lowest BCUT2D eigenvalue weighted by molar-refractivity contribution is -0.134. The van der Waals surface area contributed by atoms with E-state index in [2.05, 4.69) is 6.07 Å². The number of ketones is 1. The van der Waals surface area contributed by atoms with Crippen LogP contribution in [0.15, 0.2) is 41.8 Å². The zero-order valence-corrected chi connectivity index (χ0v) is 13.8. The topological polar surface area (TPSA) is 46.6 Å². The summed E-state index contributed by atoms with van der Waals surface area (Å²) in [5, 5.41) is 2.04. The van der Waals surface area contributed by atoms with E-state index < -0.39 is 0 Å². The third kappa shape index (κ3) is 3.62. The SMILES string of the molecule is CC(=O)c1cccc(OCC(=O)N2CCCC2c2cccs2)c1. The zero-order valence-electron chi connectivity index (χ0n) is 13.0. The number of likely N-dealkylation sites (tertiary alicyclic amines) is 1. The minimum Gasteiger partial charge on any atom is -0.484 e. The summed E-state index contributed by atoms with van der Waals surface area (Å²) < 4.78 is 5.60. The van der Waals surface area contributed by atoms with Gasteiger partial charge in [-0.25, -0.2) is 0 Å². The van der Waals surface area contributed by atoms with Gasteiger partial charge >= 0.3 is 0 Å². The predicted molar refractivity (Wildman–Crippen MR) is 89.9 cm³/mol. The van der Waals surface area contributed by atoms with Crippen LogP contribution >= 0.6 is 11.3 Å². The predicted octanol–water partition coefficient (Wildman–Crippen LogP) is 3.69. The standard InChI is InChI=1S/C18H19NO3S/c1-13(20)14-5-2-6-15(11-14)22-12-18(21)19-9-3-7-16(19)17-8-4-10-23-17/h2,4-6,8,10-11,16H,3,7,9,12H2,1H3. The first-order valence-corrected chi connectivity index (χ1v) is 8.60. The number of nitrogens with zero attached hydrogens (tertiary/aromatic N) is 1. The number of hydrogen-bond donors (Lipinski definition) is 0. The average molecular weight is 329 g/mol. The third-order valence-electron chi connectivity index (χ3n) is 4.05. The first-order valence-electron chi connectivity index (χ1n) is 7.72. The molecule has 2 heterocycles. The summed E-state index contributed by atoms with van der Waals surface area (Å²) in [5.74, 6) is 0.533. The monoisotopic (exact) mass is 329 g/mol. The Morgan fingerprint density at radius 1 is 1.30 bits per heavy atom. The molecule has 0 N–H and O–H groups in total. The number of carbonyl (C=O) groups is 2. The van der Waals surface area contributed by atoms with Crippen LogP contribution < -0.4 is 4.74 Å². The van der Waals surface area contributed by atoms with Crippen LogP contribution in [0.25, 0.3) is 0 Å². The molecule has 5 heteroatoms. The van der Waals surface area contributed by atoms with Crippen LogP contribution in [-0.2, 0) is 4.79 Å². The fraction of sp³-hybridized carbons (Fsp3) is 0.333. The molecule has 4 nitrogen and oxygen atoms in total. The molecule has 120 valence electrons. The largest absolute Gasteiger partial charge is 0.484 e. The molecular weight excluding hydrogens is 310 g/mol. The van der Waals surface area contributed by atoms with Gasteiger partial charge in [-0.2, -0.15) is 0 Å². The van der Waals surface area contributed by atoms with Crippen LogP contribution in [-0.4, -0.2) is 29.7 Å². The fourth-order valence-electron chi connectivity index (χ4n) is 2.87. The number of benzene rings is 1. The Morgan fingerprint density at radius 2 is 2.17 bits per heavy atom. The van der Waals surface area contributed by atoms with E-state index in [-0.39, 0.29) is 24.3 Å². The number of ether oxygens (including phenoxy) is 1. The lowest BCUT2D eigenvalue weighted by atomic mass is 10.1. The minimum atomic E-state index is -0.0147. The van der Waals surface area contributed by atoms with Crippen LogP contribution in [0.2, 0.25) is 0 Å². The average Bonchev–Trinajstić information content (AvgIpc) is 3.23. The second kappa shape index (κ2) is 6.96. The van der Waals surface area contributed by atoms with Gasteiger partial charge in [0.1, 0.15) is 5.75 Å². The fourth-order valence-corrected chi connectivity index (χ4v) is 3.75. The van der Waals surface area contributed by atoms with Crippen molar-refractivity contribution in [3.05, 3.63) is 52.2 Å². The Morgan fingerprint density at radius 3 is 2.91 bits per heavy atom. The molecule has 0 aliphatic carbocycles. The number of rotatable bonds is 5. The van der Waals surface area contributed by atoms with E-state index in [0.29, 0.717) is 11.3 Å². The molecule has 1 amide bonds. The maximum atomic E-state index is 12.5. The van der Waals surface area contributed by atoms with Gasteiger partial charge in [-0.05, 0) is 43.3 Å². The van der Waals surface area contributed by atoms with Gasteiger partial charge in [-0.3, -0.25) is 9.59 Å². The molecule has 0 saturated carbocycles. The molecule has 0 spiro atoms. The first-order chi connectivity index (χ1) is 11.1. The van der Waals surface area contributed by atoms with Crippen LogP contribution in [0.5, 0.6) is 5.75 Å². The van der Waals surface area contributed by atoms with Gasteiger partial charge < -0.3 is 9.64 Å². The highest BCUT2D eigenvalue weighted by atomic mass is 32.1. The zero-order chi connectivity index (χ0) is 16.2. The van der Waals surface area contributed by atoms with Crippen molar-refractivity contribution in [3.63, 3.8) is 0 Å². The highest BCUT2D eigenvalue weighted by Crippen LogP contribution is 2.34. The summed E-state index contributed by atoms with van der Waals surface area (Å²) in [7, 11) is 0. The number of Topliss-reactive ketones (excluding diaryl/α,β-unsaturated/α-hetero) is 1. The molecule has 1 aliphatic rings. The van der Waals surface area contributed by atoms with E-state index in [1.807, 2.05) is 16.3 Å². The van der Waals surface area contributed by atoms with Crippen molar-refractivity contribution >= 4 is 23.0 Å². The van der Waals surface area contributed by atoms with Crippen molar-refractivity contribution in [2.24, 2.45) is 0 Å². The highest BCUT2D eigenvalue weighted by molar-refractivity contribution is 7.10. The summed E-state index contributed by atoms with van der Waals surface area (Å²) in [6, 6.07) is 11.2. The van der Waals surface area contributed by atoms with Gasteiger partial charge in [0, 0.05) is 17.0 Å². The number of hydrogen-bond acceptors (Lipinski definition) is 4. The molecule has 3 rings (SSSR count). The molecule has 1 fully saturated rings. The van der Waals surface area contributed by atoms with Crippen LogP contribution in [0, 0.1) is 0 Å². The van der Waals surface area contributed by atoms with Gasteiger partial charge in [0.25, 0.3) is 5.91 Å². The molecule has 23 heavy (non-hydrogen) atoms. The Bertz CT molecular complexity index is 696. The van der Waals surface area contributed by atoms with Crippen molar-refractivity contribution in [1.29, 1.82) is 0 Å². The molecule has 1 saturated heterocycles. The van der Waals surface area contributed by atoms with Gasteiger partial charge in [0.05, 0.1) is 6.04 Å². The molecular formula is C18H19NO3S. The maximum absolute atomic E-state index is 12.5. The summed E-state index contributed by atoms with van der Waals surface area (Å²) in [6.45, 7) is 2.29. The molecule has 0 radical (unpaired) electrons. The number of thiophene rings is 1. The first kappa shape index (κ1) is 15.7. The summed E-state index contributed by atoms with van der Waals surface area (Å²) in [4.78, 5) is 27.0. The van der Waals surface area contributed by atoms with Gasteiger partial charge in [0.15, 0.2) is 12.4 Å². The van der Waals surface area contributed by atoms with Crippen molar-refractivity contribution in [2.75, 3.05) is 13.2 Å². The molecule has 1 atom stereocenters. The summed E-state index contributed by atoms with van der Waals surface area (Å²) in [5.41, 5.74) is 0.590. The van der Waals surface area contributed by atoms with Gasteiger partial charge in [0.2, 0.25) is 0 Å². The van der Waals surface area contributed by atoms with Crippen molar-refractivity contribution in [3.8, 4) is 5.75 Å². The van der Waals surface area contributed by atoms with Crippen molar-refractivity contribution in [2.45, 2.75) is 25.8 Å². The van der Waals surface area contributed by atoms with E-state index in [4.69, 9.17) is 4.74 Å². The minimum absolute atomic E-state index is 0.00321. The van der Waals surface area contributed by atoms with Gasteiger partial charge in [-0.15, -0.1) is 11.3 Å².